The lowest BCUT2D eigenvalue weighted by Crippen LogP contribution is -2.45. The zero-order chi connectivity index (χ0) is 23.3. The normalized spacial score (nSPS) is 15.8. The van der Waals surface area contributed by atoms with Crippen LogP contribution in [0.1, 0.15) is 50.4 Å². The molecule has 7 nitrogen and oxygen atoms in total. The van der Waals surface area contributed by atoms with E-state index in [-0.39, 0.29) is 12.1 Å². The van der Waals surface area contributed by atoms with E-state index < -0.39 is 12.0 Å². The molecular weight excluding hydrogens is 408 g/mol. The first kappa shape index (κ1) is 23.2. The van der Waals surface area contributed by atoms with E-state index in [0.29, 0.717) is 41.5 Å². The Hall–Kier alpha value is -3.48. The number of nitrogens with one attached hydrogen (secondary N) is 2. The van der Waals surface area contributed by atoms with E-state index in [1.165, 1.54) is 5.56 Å². The van der Waals surface area contributed by atoms with Gasteiger partial charge in [-0.1, -0.05) is 35.9 Å². The number of ether oxygens (including phenoxy) is 3. The molecular formula is C25H30N2O5. The first-order valence-electron chi connectivity index (χ1n) is 10.7. The van der Waals surface area contributed by atoms with E-state index in [9.17, 15) is 9.59 Å². The van der Waals surface area contributed by atoms with Crippen molar-refractivity contribution in [2.45, 2.75) is 53.4 Å². The maximum absolute atomic E-state index is 12.7. The topological polar surface area (TPSA) is 85.9 Å². The minimum Gasteiger partial charge on any atom is -0.490 e. The Morgan fingerprint density at radius 2 is 1.75 bits per heavy atom. The van der Waals surface area contributed by atoms with Crippen LogP contribution in [0.2, 0.25) is 0 Å². The minimum atomic E-state index is -0.666. The number of urea groups is 1. The van der Waals surface area contributed by atoms with Gasteiger partial charge in [0.15, 0.2) is 11.5 Å². The molecule has 32 heavy (non-hydrogen) atoms. The molecule has 2 N–H and O–H groups in total. The fourth-order valence-electron chi connectivity index (χ4n) is 3.43. The van der Waals surface area contributed by atoms with Crippen molar-refractivity contribution in [2.75, 3.05) is 6.61 Å². The van der Waals surface area contributed by atoms with Gasteiger partial charge in [-0.05, 0) is 57.9 Å². The number of carbonyl (C=O) groups is 2. The fourth-order valence-corrected chi connectivity index (χ4v) is 3.43. The number of allylic oxidation sites excluding steroid dienone is 1. The largest absolute Gasteiger partial charge is 0.490 e. The van der Waals surface area contributed by atoms with Crippen molar-refractivity contribution in [3.8, 4) is 11.5 Å². The molecule has 2 amide bonds. The lowest BCUT2D eigenvalue weighted by molar-refractivity contribution is -0.143. The van der Waals surface area contributed by atoms with E-state index in [0.717, 1.165) is 5.56 Å². The first-order valence-corrected chi connectivity index (χ1v) is 10.7. The van der Waals surface area contributed by atoms with Crippen LogP contribution < -0.4 is 20.1 Å². The Kier molecular flexibility index (Phi) is 7.41. The molecule has 7 heteroatoms. The molecule has 1 atom stereocenters. The van der Waals surface area contributed by atoms with Crippen LogP contribution >= 0.6 is 0 Å². The van der Waals surface area contributed by atoms with Gasteiger partial charge in [-0.15, -0.1) is 0 Å². The molecule has 0 spiro atoms. The van der Waals surface area contributed by atoms with Crippen LogP contribution in [0.15, 0.2) is 53.7 Å². The fraction of sp³-hybridized carbons (Fsp3) is 0.360. The van der Waals surface area contributed by atoms with Crippen molar-refractivity contribution in [1.29, 1.82) is 0 Å². The quantitative estimate of drug-likeness (QED) is 0.591. The van der Waals surface area contributed by atoms with Crippen molar-refractivity contribution in [2.24, 2.45) is 0 Å². The van der Waals surface area contributed by atoms with Gasteiger partial charge in [-0.2, -0.15) is 0 Å². The number of amides is 2. The van der Waals surface area contributed by atoms with Gasteiger partial charge in [0.25, 0.3) is 0 Å². The Bertz CT molecular complexity index is 1010. The van der Waals surface area contributed by atoms with Gasteiger partial charge in [0.05, 0.1) is 24.3 Å². The molecule has 0 fully saturated rings. The van der Waals surface area contributed by atoms with Gasteiger partial charge in [0, 0.05) is 5.70 Å². The molecule has 1 unspecified atom stereocenters. The lowest BCUT2D eigenvalue weighted by atomic mass is 9.95. The van der Waals surface area contributed by atoms with Crippen LogP contribution in [0.3, 0.4) is 0 Å². The highest BCUT2D eigenvalue weighted by molar-refractivity contribution is 5.95. The van der Waals surface area contributed by atoms with Crippen molar-refractivity contribution < 1.29 is 23.8 Å². The zero-order valence-electron chi connectivity index (χ0n) is 19.2. The second kappa shape index (κ2) is 10.2. The highest BCUT2D eigenvalue weighted by atomic mass is 16.5. The molecule has 0 saturated carbocycles. The molecule has 1 aliphatic rings. The zero-order valence-corrected chi connectivity index (χ0v) is 19.2. The number of esters is 1. The molecule has 1 aliphatic heterocycles. The van der Waals surface area contributed by atoms with Gasteiger partial charge in [0.2, 0.25) is 0 Å². The maximum atomic E-state index is 12.7. The smallest absolute Gasteiger partial charge is 0.338 e. The number of hydrogen-bond donors (Lipinski definition) is 2. The van der Waals surface area contributed by atoms with Crippen LogP contribution in [0, 0.1) is 6.92 Å². The molecule has 0 radical (unpaired) electrons. The van der Waals surface area contributed by atoms with Gasteiger partial charge in [-0.3, -0.25) is 0 Å². The van der Waals surface area contributed by atoms with E-state index >= 15 is 0 Å². The number of hydrogen-bond acceptors (Lipinski definition) is 5. The molecule has 2 aromatic carbocycles. The van der Waals surface area contributed by atoms with Crippen LogP contribution in [-0.2, 0) is 16.1 Å². The predicted molar refractivity (Wildman–Crippen MR) is 121 cm³/mol. The summed E-state index contributed by atoms with van der Waals surface area (Å²) in [6, 6.07) is 12.5. The summed E-state index contributed by atoms with van der Waals surface area (Å²) in [5, 5.41) is 5.46. The average molecular weight is 439 g/mol. The summed E-state index contributed by atoms with van der Waals surface area (Å²) in [6.45, 7) is 10.0. The summed E-state index contributed by atoms with van der Waals surface area (Å²) in [4.78, 5) is 24.9. The van der Waals surface area contributed by atoms with Crippen molar-refractivity contribution in [3.05, 3.63) is 70.4 Å². The van der Waals surface area contributed by atoms with E-state index in [4.69, 9.17) is 14.2 Å². The third kappa shape index (κ3) is 5.60. The Labute approximate surface area is 188 Å². The van der Waals surface area contributed by atoms with Crippen LogP contribution in [-0.4, -0.2) is 24.7 Å². The Morgan fingerprint density at radius 1 is 1.03 bits per heavy atom. The maximum Gasteiger partial charge on any atom is 0.338 e. The number of carbonyl (C=O) groups excluding carboxylic acids is 2. The van der Waals surface area contributed by atoms with Crippen molar-refractivity contribution in [3.63, 3.8) is 0 Å². The van der Waals surface area contributed by atoms with Gasteiger partial charge < -0.3 is 24.8 Å². The van der Waals surface area contributed by atoms with Crippen molar-refractivity contribution >= 4 is 12.0 Å². The first-order chi connectivity index (χ1) is 15.3. The molecule has 3 rings (SSSR count). The summed E-state index contributed by atoms with van der Waals surface area (Å²) in [5.74, 6) is 0.648. The standard InChI is InChI=1S/C25H30N2O5/c1-6-30-21-13-19(11-12-20(21)31-14-18-9-7-16(4)8-10-18)23-22(24(28)32-15(2)3)17(5)26-25(29)27-23/h7-13,15,23H,6,14H2,1-5H3,(H2,26,27,29). The lowest BCUT2D eigenvalue weighted by Gasteiger charge is -2.29. The third-order valence-corrected chi connectivity index (χ3v) is 4.95. The number of rotatable bonds is 8. The molecule has 0 aromatic heterocycles. The van der Waals surface area contributed by atoms with E-state index in [1.54, 1.807) is 32.9 Å². The summed E-state index contributed by atoms with van der Waals surface area (Å²) in [7, 11) is 0. The molecule has 1 heterocycles. The molecule has 0 saturated heterocycles. The summed E-state index contributed by atoms with van der Waals surface area (Å²) in [6.07, 6.45) is -0.280. The molecule has 0 aliphatic carbocycles. The minimum absolute atomic E-state index is 0.280. The second-order valence-corrected chi connectivity index (χ2v) is 7.94. The molecule has 0 bridgehead atoms. The van der Waals surface area contributed by atoms with Crippen LogP contribution in [0.5, 0.6) is 11.5 Å². The van der Waals surface area contributed by atoms with Crippen LogP contribution in [0.25, 0.3) is 0 Å². The summed E-state index contributed by atoms with van der Waals surface area (Å²) in [5.41, 5.74) is 3.74. The van der Waals surface area contributed by atoms with Crippen molar-refractivity contribution in [1.82, 2.24) is 10.6 Å². The van der Waals surface area contributed by atoms with E-state index in [2.05, 4.69) is 10.6 Å². The average Bonchev–Trinajstić information content (AvgIpc) is 2.73. The monoisotopic (exact) mass is 438 g/mol. The molecule has 170 valence electrons. The summed E-state index contributed by atoms with van der Waals surface area (Å²) < 4.78 is 17.2. The van der Waals surface area contributed by atoms with Gasteiger partial charge in [-0.25, -0.2) is 9.59 Å². The Morgan fingerprint density at radius 3 is 2.41 bits per heavy atom. The van der Waals surface area contributed by atoms with Crippen LogP contribution in [0.4, 0.5) is 4.79 Å². The number of benzene rings is 2. The van der Waals surface area contributed by atoms with Gasteiger partial charge in [0.1, 0.15) is 6.61 Å². The highest BCUT2D eigenvalue weighted by Gasteiger charge is 2.33. The second-order valence-electron chi connectivity index (χ2n) is 7.94. The SMILES string of the molecule is CCOc1cc(C2NC(=O)NC(C)=C2C(=O)OC(C)C)ccc1OCc1ccc(C)cc1. The number of aryl methyl sites for hydroxylation is 1. The molecule has 2 aromatic rings. The summed E-state index contributed by atoms with van der Waals surface area (Å²) >= 11 is 0. The predicted octanol–water partition coefficient (Wildman–Crippen LogP) is 4.55. The third-order valence-electron chi connectivity index (χ3n) is 4.95. The highest BCUT2D eigenvalue weighted by Crippen LogP contribution is 2.35. The van der Waals surface area contributed by atoms with E-state index in [1.807, 2.05) is 44.2 Å². The van der Waals surface area contributed by atoms with Gasteiger partial charge >= 0.3 is 12.0 Å². The Balaban J connectivity index is 1.89.